The number of benzene rings is 2. The number of hydrogen-bond donors (Lipinski definition) is 1. The number of piperazine rings is 1. The molecule has 1 aliphatic rings. The van der Waals surface area contributed by atoms with E-state index in [0.717, 1.165) is 28.1 Å². The molecule has 4 rings (SSSR count). The Labute approximate surface area is 182 Å². The molecular weight excluding hydrogens is 388 g/mol. The normalized spacial score (nSPS) is 16.1. The van der Waals surface area contributed by atoms with Crippen molar-refractivity contribution in [3.8, 4) is 0 Å². The number of amides is 1. The van der Waals surface area contributed by atoms with Crippen LogP contribution in [-0.2, 0) is 0 Å². The third-order valence-electron chi connectivity index (χ3n) is 5.59. The fourth-order valence-electron chi connectivity index (χ4n) is 3.91. The number of aliphatic imine (C=N–C) groups is 1. The molecule has 1 N–H and O–H groups in total. The van der Waals surface area contributed by atoms with Gasteiger partial charge in [-0.3, -0.25) is 0 Å². The Hall–Kier alpha value is -3.67. The number of anilines is 1. The van der Waals surface area contributed by atoms with Crippen molar-refractivity contribution in [1.29, 1.82) is 0 Å². The van der Waals surface area contributed by atoms with Crippen molar-refractivity contribution in [3.05, 3.63) is 89.6 Å². The lowest BCUT2D eigenvalue weighted by Gasteiger charge is -2.39. The van der Waals surface area contributed by atoms with Gasteiger partial charge in [0.05, 0.1) is 17.6 Å². The first-order valence-electron chi connectivity index (χ1n) is 10.4. The molecule has 0 unspecified atom stereocenters. The number of carbonyl (C=O) groups is 1. The molecule has 6 heteroatoms. The quantitative estimate of drug-likeness (QED) is 0.626. The molecule has 3 aromatic rings. The second kappa shape index (κ2) is 9.00. The summed E-state index contributed by atoms with van der Waals surface area (Å²) in [5, 5.41) is 9.30. The van der Waals surface area contributed by atoms with Crippen molar-refractivity contribution in [2.75, 3.05) is 24.5 Å². The van der Waals surface area contributed by atoms with Crippen LogP contribution < -0.4 is 4.90 Å². The minimum Gasteiger partial charge on any atom is -0.465 e. The van der Waals surface area contributed by atoms with Gasteiger partial charge in [-0.25, -0.2) is 14.8 Å². The topological polar surface area (TPSA) is 69.0 Å². The number of rotatable bonds is 4. The Morgan fingerprint density at radius 2 is 1.65 bits per heavy atom. The highest BCUT2D eigenvalue weighted by molar-refractivity contribution is 6.13. The van der Waals surface area contributed by atoms with Gasteiger partial charge in [-0.15, -0.1) is 0 Å². The first-order chi connectivity index (χ1) is 15.0. The van der Waals surface area contributed by atoms with Crippen LogP contribution in [0, 0.1) is 6.92 Å². The van der Waals surface area contributed by atoms with E-state index in [1.807, 2.05) is 56.4 Å². The number of aromatic nitrogens is 1. The molecule has 2 aromatic carbocycles. The van der Waals surface area contributed by atoms with Gasteiger partial charge in [0.2, 0.25) is 0 Å². The summed E-state index contributed by atoms with van der Waals surface area (Å²) in [5.41, 5.74) is 4.94. The van der Waals surface area contributed by atoms with Gasteiger partial charge < -0.3 is 14.9 Å². The molecule has 0 spiro atoms. The van der Waals surface area contributed by atoms with E-state index >= 15 is 0 Å². The number of aryl methyl sites for hydroxylation is 1. The number of hydrogen-bond acceptors (Lipinski definition) is 4. The summed E-state index contributed by atoms with van der Waals surface area (Å²) in [6, 6.07) is 22.3. The Morgan fingerprint density at radius 3 is 2.16 bits per heavy atom. The first kappa shape index (κ1) is 20.6. The smallest absolute Gasteiger partial charge is 0.407 e. The average molecular weight is 415 g/mol. The van der Waals surface area contributed by atoms with Crippen LogP contribution in [0.25, 0.3) is 0 Å². The van der Waals surface area contributed by atoms with Crippen LogP contribution in [0.4, 0.5) is 16.3 Å². The first-order valence-corrected chi connectivity index (χ1v) is 10.4. The van der Waals surface area contributed by atoms with E-state index in [2.05, 4.69) is 40.2 Å². The Bertz CT molecular complexity index is 1040. The molecule has 31 heavy (non-hydrogen) atoms. The van der Waals surface area contributed by atoms with Crippen LogP contribution in [0.15, 0.2) is 77.9 Å². The summed E-state index contributed by atoms with van der Waals surface area (Å²) >= 11 is 0. The Kier molecular flexibility index (Phi) is 5.98. The van der Waals surface area contributed by atoms with Crippen molar-refractivity contribution >= 4 is 23.3 Å². The van der Waals surface area contributed by atoms with Gasteiger partial charge >= 0.3 is 6.09 Å². The molecule has 1 aromatic heterocycles. The summed E-state index contributed by atoms with van der Waals surface area (Å²) in [6.45, 7) is 5.74. The summed E-state index contributed by atoms with van der Waals surface area (Å²) in [6.07, 6.45) is 0.975. The van der Waals surface area contributed by atoms with Gasteiger partial charge in [0, 0.05) is 36.8 Å². The highest BCUT2D eigenvalue weighted by atomic mass is 16.4. The maximum atomic E-state index is 11.3. The van der Waals surface area contributed by atoms with Gasteiger partial charge in [-0.1, -0.05) is 60.7 Å². The van der Waals surface area contributed by atoms with Gasteiger partial charge in [-0.2, -0.15) is 0 Å². The zero-order chi connectivity index (χ0) is 21.8. The van der Waals surface area contributed by atoms with Crippen LogP contribution in [0.2, 0.25) is 0 Å². The number of carboxylic acid groups (broad SMARTS) is 1. The van der Waals surface area contributed by atoms with Crippen molar-refractivity contribution in [2.24, 2.45) is 4.99 Å². The second-order valence-corrected chi connectivity index (χ2v) is 7.80. The van der Waals surface area contributed by atoms with Gasteiger partial charge in [-0.05, 0) is 25.5 Å². The van der Waals surface area contributed by atoms with Gasteiger partial charge in [0.1, 0.15) is 0 Å². The SMILES string of the molecule is Cc1cc(N2CCN(C(=O)O)[C@@H](C)C2)cnc1N=C(c1ccccc1)c1ccccc1. The zero-order valence-electron chi connectivity index (χ0n) is 17.8. The highest BCUT2D eigenvalue weighted by Gasteiger charge is 2.27. The Morgan fingerprint density at radius 1 is 1.03 bits per heavy atom. The molecule has 1 atom stereocenters. The average Bonchev–Trinajstić information content (AvgIpc) is 2.79. The molecule has 158 valence electrons. The number of nitrogens with zero attached hydrogens (tertiary/aromatic N) is 4. The van der Waals surface area contributed by atoms with Crippen molar-refractivity contribution in [1.82, 2.24) is 9.88 Å². The molecule has 6 nitrogen and oxygen atoms in total. The molecule has 0 aliphatic carbocycles. The number of pyridine rings is 1. The van der Waals surface area contributed by atoms with E-state index in [1.54, 1.807) is 0 Å². The molecule has 1 amide bonds. The van der Waals surface area contributed by atoms with E-state index in [0.29, 0.717) is 25.5 Å². The van der Waals surface area contributed by atoms with Gasteiger partial charge in [0.25, 0.3) is 0 Å². The summed E-state index contributed by atoms with van der Waals surface area (Å²) in [7, 11) is 0. The molecule has 0 radical (unpaired) electrons. The summed E-state index contributed by atoms with van der Waals surface area (Å²) in [4.78, 5) is 24.6. The molecular formula is C25H26N4O2. The maximum absolute atomic E-state index is 11.3. The fraction of sp³-hybridized carbons (Fsp3) is 0.240. The lowest BCUT2D eigenvalue weighted by molar-refractivity contribution is 0.122. The molecule has 2 heterocycles. The third kappa shape index (κ3) is 4.58. The fourth-order valence-corrected chi connectivity index (χ4v) is 3.91. The third-order valence-corrected chi connectivity index (χ3v) is 5.59. The van der Waals surface area contributed by atoms with Crippen LogP contribution in [-0.4, -0.2) is 52.5 Å². The van der Waals surface area contributed by atoms with Crippen LogP contribution in [0.5, 0.6) is 0 Å². The van der Waals surface area contributed by atoms with E-state index in [1.165, 1.54) is 4.90 Å². The van der Waals surface area contributed by atoms with Crippen LogP contribution in [0.3, 0.4) is 0 Å². The van der Waals surface area contributed by atoms with Crippen molar-refractivity contribution in [2.45, 2.75) is 19.9 Å². The Balaban J connectivity index is 1.64. The van der Waals surface area contributed by atoms with E-state index < -0.39 is 6.09 Å². The van der Waals surface area contributed by atoms with E-state index in [9.17, 15) is 9.90 Å². The summed E-state index contributed by atoms with van der Waals surface area (Å²) in [5.74, 6) is 0.684. The minimum absolute atomic E-state index is 0.0629. The highest BCUT2D eigenvalue weighted by Crippen LogP contribution is 2.26. The van der Waals surface area contributed by atoms with E-state index in [-0.39, 0.29) is 6.04 Å². The van der Waals surface area contributed by atoms with Crippen molar-refractivity contribution in [3.63, 3.8) is 0 Å². The van der Waals surface area contributed by atoms with Gasteiger partial charge in [0.15, 0.2) is 5.82 Å². The van der Waals surface area contributed by atoms with Crippen LogP contribution in [0.1, 0.15) is 23.6 Å². The monoisotopic (exact) mass is 414 g/mol. The molecule has 1 saturated heterocycles. The maximum Gasteiger partial charge on any atom is 0.407 e. The predicted molar refractivity (Wildman–Crippen MR) is 124 cm³/mol. The zero-order valence-corrected chi connectivity index (χ0v) is 17.8. The van der Waals surface area contributed by atoms with Crippen molar-refractivity contribution < 1.29 is 9.90 Å². The summed E-state index contributed by atoms with van der Waals surface area (Å²) < 4.78 is 0. The molecule has 1 aliphatic heterocycles. The standard InChI is InChI=1S/C25H26N4O2/c1-18-15-22(28-13-14-29(25(30)31)19(2)17-28)16-26-24(18)27-23(20-9-5-3-6-10-20)21-11-7-4-8-12-21/h3-12,15-16,19H,13-14,17H2,1-2H3,(H,30,31)/t19-/m0/s1. The molecule has 0 saturated carbocycles. The molecule has 1 fully saturated rings. The van der Waals surface area contributed by atoms with Crippen LogP contribution >= 0.6 is 0 Å². The second-order valence-electron chi connectivity index (χ2n) is 7.80. The lowest BCUT2D eigenvalue weighted by Crippen LogP contribution is -2.53. The largest absolute Gasteiger partial charge is 0.465 e. The minimum atomic E-state index is -0.861. The van der Waals surface area contributed by atoms with E-state index in [4.69, 9.17) is 4.99 Å². The predicted octanol–water partition coefficient (Wildman–Crippen LogP) is 4.75. The lowest BCUT2D eigenvalue weighted by atomic mass is 10.0. The molecule has 0 bridgehead atoms.